The zero-order valence-corrected chi connectivity index (χ0v) is 16.9. The van der Waals surface area contributed by atoms with Crippen molar-refractivity contribution in [3.05, 3.63) is 66.2 Å². The van der Waals surface area contributed by atoms with Crippen LogP contribution in [0.3, 0.4) is 0 Å². The number of ether oxygens (including phenoxy) is 1. The van der Waals surface area contributed by atoms with Gasteiger partial charge < -0.3 is 20.5 Å². The van der Waals surface area contributed by atoms with Crippen molar-refractivity contribution in [2.45, 2.75) is 11.8 Å². The highest BCUT2D eigenvalue weighted by molar-refractivity contribution is 8.00. The molecule has 0 bridgehead atoms. The molecule has 0 atom stereocenters. The summed E-state index contributed by atoms with van der Waals surface area (Å²) in [4.78, 5) is 46.5. The molecule has 9 heteroatoms. The van der Waals surface area contributed by atoms with Crippen LogP contribution in [0.4, 0.5) is 11.4 Å². The molecule has 0 unspecified atom stereocenters. The van der Waals surface area contributed by atoms with Crippen molar-refractivity contribution in [2.24, 2.45) is 0 Å². The van der Waals surface area contributed by atoms with Gasteiger partial charge in [0.25, 0.3) is 0 Å². The maximum Gasteiger partial charge on any atom is 0.338 e. The zero-order chi connectivity index (χ0) is 21.9. The zero-order valence-electron chi connectivity index (χ0n) is 16.1. The van der Waals surface area contributed by atoms with Crippen molar-refractivity contribution in [3.8, 4) is 0 Å². The molecule has 0 heterocycles. The molecule has 2 aromatic rings. The van der Waals surface area contributed by atoms with Gasteiger partial charge in [-0.3, -0.25) is 9.59 Å². The fourth-order valence-electron chi connectivity index (χ4n) is 2.22. The minimum atomic E-state index is -1.20. The number of carboxylic acids is 1. The molecule has 0 aliphatic rings. The van der Waals surface area contributed by atoms with Crippen LogP contribution in [-0.4, -0.2) is 41.2 Å². The number of rotatable bonds is 9. The lowest BCUT2D eigenvalue weighted by Gasteiger charge is -2.07. The first-order valence-corrected chi connectivity index (χ1v) is 9.88. The van der Waals surface area contributed by atoms with Crippen molar-refractivity contribution in [2.75, 3.05) is 23.0 Å². The van der Waals surface area contributed by atoms with Gasteiger partial charge >= 0.3 is 11.9 Å². The van der Waals surface area contributed by atoms with Crippen LogP contribution in [0.1, 0.15) is 17.3 Å². The van der Waals surface area contributed by atoms with Crippen LogP contribution in [0, 0.1) is 0 Å². The molecule has 0 aliphatic carbocycles. The smallest absolute Gasteiger partial charge is 0.338 e. The molecule has 2 amide bonds. The Kier molecular flexibility index (Phi) is 8.64. The van der Waals surface area contributed by atoms with Crippen molar-refractivity contribution in [1.29, 1.82) is 0 Å². The van der Waals surface area contributed by atoms with Gasteiger partial charge in [-0.2, -0.15) is 0 Å². The molecule has 2 rings (SSSR count). The van der Waals surface area contributed by atoms with Gasteiger partial charge in [-0.1, -0.05) is 0 Å². The molecule has 2 aromatic carbocycles. The Morgan fingerprint density at radius 2 is 1.53 bits per heavy atom. The van der Waals surface area contributed by atoms with E-state index < -0.39 is 17.8 Å². The largest absolute Gasteiger partial charge is 0.478 e. The van der Waals surface area contributed by atoms with Gasteiger partial charge in [0.05, 0.1) is 17.9 Å². The highest BCUT2D eigenvalue weighted by atomic mass is 32.2. The Morgan fingerprint density at radius 3 is 2.13 bits per heavy atom. The molecule has 156 valence electrons. The number of hydrogen-bond acceptors (Lipinski definition) is 6. The second-order valence-electron chi connectivity index (χ2n) is 5.82. The maximum absolute atomic E-state index is 12.1. The molecule has 0 saturated carbocycles. The molecular formula is C21H20N2O6S. The highest BCUT2D eigenvalue weighted by Gasteiger charge is 2.08. The first-order chi connectivity index (χ1) is 14.4. The van der Waals surface area contributed by atoms with E-state index in [2.05, 4.69) is 10.6 Å². The van der Waals surface area contributed by atoms with Crippen LogP contribution >= 0.6 is 11.8 Å². The average Bonchev–Trinajstić information content (AvgIpc) is 2.72. The third-order valence-electron chi connectivity index (χ3n) is 3.55. The minimum absolute atomic E-state index is 0.173. The number of carbonyl (C=O) groups is 4. The molecule has 8 nitrogen and oxygen atoms in total. The Bertz CT molecular complexity index is 939. The van der Waals surface area contributed by atoms with Gasteiger partial charge in [0, 0.05) is 28.4 Å². The van der Waals surface area contributed by atoms with Gasteiger partial charge in [-0.15, -0.1) is 11.8 Å². The SMILES string of the molecule is CCOC(=O)c1ccc(NC(=O)CSc2ccc(NC(=O)/C=C/C(=O)O)cc2)cc1. The van der Waals surface area contributed by atoms with Crippen LogP contribution in [0.15, 0.2) is 65.6 Å². The molecule has 3 N–H and O–H groups in total. The van der Waals surface area contributed by atoms with Crippen molar-refractivity contribution in [3.63, 3.8) is 0 Å². The first-order valence-electron chi connectivity index (χ1n) is 8.89. The molecule has 0 fully saturated rings. The molecule has 0 aliphatic heterocycles. The molecule has 0 spiro atoms. The fraction of sp³-hybridized carbons (Fsp3) is 0.143. The number of nitrogens with one attached hydrogen (secondary N) is 2. The fourth-order valence-corrected chi connectivity index (χ4v) is 2.91. The summed E-state index contributed by atoms with van der Waals surface area (Å²) in [6.07, 6.45) is 1.68. The number of benzene rings is 2. The number of carboxylic acid groups (broad SMARTS) is 1. The quantitative estimate of drug-likeness (QED) is 0.319. The molecule has 30 heavy (non-hydrogen) atoms. The lowest BCUT2D eigenvalue weighted by molar-refractivity contribution is -0.131. The lowest BCUT2D eigenvalue weighted by Crippen LogP contribution is -2.14. The Hall–Kier alpha value is -3.59. The molecule has 0 aromatic heterocycles. The van der Waals surface area contributed by atoms with E-state index in [1.54, 1.807) is 55.5 Å². The van der Waals surface area contributed by atoms with E-state index >= 15 is 0 Å². The van der Waals surface area contributed by atoms with E-state index in [4.69, 9.17) is 9.84 Å². The molecule has 0 radical (unpaired) electrons. The van der Waals surface area contributed by atoms with Gasteiger partial charge in [0.2, 0.25) is 11.8 Å². The number of carbonyl (C=O) groups excluding carboxylic acids is 3. The van der Waals surface area contributed by atoms with E-state index in [0.29, 0.717) is 23.5 Å². The standard InChI is InChI=1S/C21H20N2O6S/c1-2-29-21(28)14-3-5-15(6-4-14)23-19(25)13-30-17-9-7-16(8-10-17)22-18(24)11-12-20(26)27/h3-12H,2,13H2,1H3,(H,22,24)(H,23,25)(H,26,27)/b12-11+. The van der Waals surface area contributed by atoms with Crippen LogP contribution in [0.5, 0.6) is 0 Å². The van der Waals surface area contributed by atoms with Gasteiger partial charge in [0.1, 0.15) is 0 Å². The summed E-state index contributed by atoms with van der Waals surface area (Å²) in [6, 6.07) is 13.2. The summed E-state index contributed by atoms with van der Waals surface area (Å²) in [5, 5.41) is 13.8. The number of aliphatic carboxylic acids is 1. The third kappa shape index (κ3) is 7.80. The second-order valence-corrected chi connectivity index (χ2v) is 6.87. The predicted molar refractivity (Wildman–Crippen MR) is 114 cm³/mol. The Labute approximate surface area is 177 Å². The van der Waals surface area contributed by atoms with Crippen molar-refractivity contribution in [1.82, 2.24) is 0 Å². The van der Waals surface area contributed by atoms with Crippen molar-refractivity contribution >= 4 is 46.9 Å². The third-order valence-corrected chi connectivity index (χ3v) is 4.56. The first kappa shape index (κ1) is 22.7. The van der Waals surface area contributed by atoms with Crippen LogP contribution < -0.4 is 10.6 Å². The Morgan fingerprint density at radius 1 is 0.933 bits per heavy atom. The van der Waals surface area contributed by atoms with Crippen molar-refractivity contribution < 1.29 is 29.0 Å². The van der Waals surface area contributed by atoms with Gasteiger partial charge in [-0.25, -0.2) is 9.59 Å². The monoisotopic (exact) mass is 428 g/mol. The van der Waals surface area contributed by atoms with E-state index in [1.807, 2.05) is 0 Å². The minimum Gasteiger partial charge on any atom is -0.478 e. The summed E-state index contributed by atoms with van der Waals surface area (Å²) in [6.45, 7) is 2.03. The van der Waals surface area contributed by atoms with E-state index in [0.717, 1.165) is 17.0 Å². The number of thioether (sulfide) groups is 1. The summed E-state index contributed by atoms with van der Waals surface area (Å²) in [5.74, 6) is -2.20. The Balaban J connectivity index is 1.81. The second kappa shape index (κ2) is 11.4. The number of anilines is 2. The van der Waals surface area contributed by atoms with Crippen LogP contribution in [-0.2, 0) is 19.1 Å². The maximum atomic E-state index is 12.1. The summed E-state index contributed by atoms with van der Waals surface area (Å²) < 4.78 is 4.91. The molecule has 0 saturated heterocycles. The van der Waals surface area contributed by atoms with Gasteiger partial charge in [-0.05, 0) is 55.5 Å². The summed E-state index contributed by atoms with van der Waals surface area (Å²) >= 11 is 1.31. The average molecular weight is 428 g/mol. The van der Waals surface area contributed by atoms with E-state index in [-0.39, 0.29) is 11.7 Å². The van der Waals surface area contributed by atoms with Gasteiger partial charge in [0.15, 0.2) is 0 Å². The summed E-state index contributed by atoms with van der Waals surface area (Å²) in [5.41, 5.74) is 1.49. The topological polar surface area (TPSA) is 122 Å². The van der Waals surface area contributed by atoms with E-state index in [1.165, 1.54) is 11.8 Å². The normalized spacial score (nSPS) is 10.4. The number of esters is 1. The number of amides is 2. The van der Waals surface area contributed by atoms with Crippen LogP contribution in [0.2, 0.25) is 0 Å². The van der Waals surface area contributed by atoms with E-state index in [9.17, 15) is 19.2 Å². The summed E-state index contributed by atoms with van der Waals surface area (Å²) in [7, 11) is 0. The van der Waals surface area contributed by atoms with Crippen LogP contribution in [0.25, 0.3) is 0 Å². The predicted octanol–water partition coefficient (Wildman–Crippen LogP) is 3.17. The number of hydrogen-bond donors (Lipinski definition) is 3. The highest BCUT2D eigenvalue weighted by Crippen LogP contribution is 2.21. The lowest BCUT2D eigenvalue weighted by atomic mass is 10.2. The molecular weight excluding hydrogens is 408 g/mol.